The highest BCUT2D eigenvalue weighted by atomic mass is 79.9. The third-order valence-corrected chi connectivity index (χ3v) is 3.02. The van der Waals surface area contributed by atoms with Gasteiger partial charge in [-0.2, -0.15) is 0 Å². The van der Waals surface area contributed by atoms with E-state index in [0.29, 0.717) is 15.7 Å². The molecule has 2 aromatic rings. The Labute approximate surface area is 118 Å². The second-order valence-corrected chi connectivity index (χ2v) is 4.84. The smallest absolute Gasteiger partial charge is 0.255 e. The molecule has 0 aliphatic rings. The third kappa shape index (κ3) is 3.39. The van der Waals surface area contributed by atoms with E-state index in [9.17, 15) is 14.3 Å². The quantitative estimate of drug-likeness (QED) is 0.910. The van der Waals surface area contributed by atoms with Crippen molar-refractivity contribution in [3.8, 4) is 0 Å². The fraction of sp³-hybridized carbons (Fsp3) is 0.0714. The molecule has 0 aliphatic carbocycles. The summed E-state index contributed by atoms with van der Waals surface area (Å²) in [7, 11) is 0. The van der Waals surface area contributed by atoms with Crippen LogP contribution in [0.2, 0.25) is 0 Å². The van der Waals surface area contributed by atoms with Crippen LogP contribution in [-0.4, -0.2) is 11.0 Å². The van der Waals surface area contributed by atoms with Gasteiger partial charge >= 0.3 is 0 Å². The van der Waals surface area contributed by atoms with Gasteiger partial charge in [0.2, 0.25) is 0 Å². The molecule has 0 aromatic heterocycles. The number of halogens is 2. The lowest BCUT2D eigenvalue weighted by Gasteiger charge is -2.09. The standard InChI is InChI=1S/C14H11BrFNO2/c15-11-5-10(6-12(16)7-11)14(19)17-13-4-2-1-3-9(13)8-18/h1-7,18H,8H2,(H,17,19). The first-order valence-corrected chi connectivity index (χ1v) is 6.35. The second-order valence-electron chi connectivity index (χ2n) is 3.93. The first-order chi connectivity index (χ1) is 9.10. The number of anilines is 1. The van der Waals surface area contributed by atoms with Crippen molar-refractivity contribution in [3.63, 3.8) is 0 Å². The number of rotatable bonds is 3. The number of carbonyl (C=O) groups excluding carboxylic acids is 1. The Morgan fingerprint density at radius 1 is 1.26 bits per heavy atom. The zero-order chi connectivity index (χ0) is 13.8. The Balaban J connectivity index is 2.25. The molecule has 0 heterocycles. The van der Waals surface area contributed by atoms with Gasteiger partial charge in [-0.15, -0.1) is 0 Å². The van der Waals surface area contributed by atoms with Crippen LogP contribution in [0.25, 0.3) is 0 Å². The largest absolute Gasteiger partial charge is 0.392 e. The van der Waals surface area contributed by atoms with Crippen molar-refractivity contribution in [1.82, 2.24) is 0 Å². The van der Waals surface area contributed by atoms with Crippen molar-refractivity contribution in [1.29, 1.82) is 0 Å². The number of para-hydroxylation sites is 1. The maximum Gasteiger partial charge on any atom is 0.255 e. The van der Waals surface area contributed by atoms with Crippen LogP contribution in [0, 0.1) is 5.82 Å². The van der Waals surface area contributed by atoms with E-state index < -0.39 is 11.7 Å². The van der Waals surface area contributed by atoms with Crippen molar-refractivity contribution < 1.29 is 14.3 Å². The summed E-state index contributed by atoms with van der Waals surface area (Å²) in [6.45, 7) is -0.177. The summed E-state index contributed by atoms with van der Waals surface area (Å²) in [5.41, 5.74) is 1.32. The number of nitrogens with one attached hydrogen (secondary N) is 1. The molecule has 0 saturated carbocycles. The minimum atomic E-state index is -0.491. The van der Waals surface area contributed by atoms with Gasteiger partial charge in [-0.3, -0.25) is 4.79 Å². The molecular weight excluding hydrogens is 313 g/mol. The van der Waals surface area contributed by atoms with Gasteiger partial charge in [0, 0.05) is 21.3 Å². The van der Waals surface area contributed by atoms with Gasteiger partial charge in [-0.05, 0) is 24.3 Å². The molecule has 0 saturated heterocycles. The van der Waals surface area contributed by atoms with Crippen LogP contribution >= 0.6 is 15.9 Å². The highest BCUT2D eigenvalue weighted by Crippen LogP contribution is 2.19. The fourth-order valence-electron chi connectivity index (χ4n) is 1.66. The number of aliphatic hydroxyl groups is 1. The average Bonchev–Trinajstić information content (AvgIpc) is 2.38. The number of hydrogen-bond acceptors (Lipinski definition) is 2. The number of aliphatic hydroxyl groups excluding tert-OH is 1. The molecule has 2 aromatic carbocycles. The van der Waals surface area contributed by atoms with E-state index in [-0.39, 0.29) is 12.2 Å². The Kier molecular flexibility index (Phi) is 4.29. The van der Waals surface area contributed by atoms with Crippen molar-refractivity contribution in [3.05, 3.63) is 63.9 Å². The van der Waals surface area contributed by atoms with E-state index in [2.05, 4.69) is 21.2 Å². The zero-order valence-corrected chi connectivity index (χ0v) is 11.4. The average molecular weight is 324 g/mol. The van der Waals surface area contributed by atoms with Gasteiger partial charge in [0.15, 0.2) is 0 Å². The molecule has 0 bridgehead atoms. The van der Waals surface area contributed by atoms with Crippen molar-refractivity contribution >= 4 is 27.5 Å². The molecule has 1 amide bonds. The molecule has 0 unspecified atom stereocenters. The summed E-state index contributed by atoms with van der Waals surface area (Å²) < 4.78 is 13.7. The SMILES string of the molecule is O=C(Nc1ccccc1CO)c1cc(F)cc(Br)c1. The maximum absolute atomic E-state index is 13.2. The van der Waals surface area contributed by atoms with Crippen LogP contribution in [-0.2, 0) is 6.61 Å². The van der Waals surface area contributed by atoms with E-state index in [1.54, 1.807) is 24.3 Å². The highest BCUT2D eigenvalue weighted by molar-refractivity contribution is 9.10. The number of hydrogen-bond donors (Lipinski definition) is 2. The molecule has 2 rings (SSSR count). The highest BCUT2D eigenvalue weighted by Gasteiger charge is 2.10. The molecule has 0 radical (unpaired) electrons. The minimum Gasteiger partial charge on any atom is -0.392 e. The molecule has 0 aliphatic heterocycles. The lowest BCUT2D eigenvalue weighted by atomic mass is 10.1. The van der Waals surface area contributed by atoms with Gasteiger partial charge in [0.05, 0.1) is 6.61 Å². The summed E-state index contributed by atoms with van der Waals surface area (Å²) in [4.78, 5) is 12.0. The Hall–Kier alpha value is -1.72. The molecule has 3 nitrogen and oxygen atoms in total. The molecule has 0 spiro atoms. The van der Waals surface area contributed by atoms with E-state index in [4.69, 9.17) is 0 Å². The van der Waals surface area contributed by atoms with Gasteiger partial charge in [-0.1, -0.05) is 34.1 Å². The van der Waals surface area contributed by atoms with Gasteiger partial charge in [0.25, 0.3) is 5.91 Å². The Morgan fingerprint density at radius 3 is 2.68 bits per heavy atom. The Morgan fingerprint density at radius 2 is 2.00 bits per heavy atom. The summed E-state index contributed by atoms with van der Waals surface area (Å²) in [6.07, 6.45) is 0. The van der Waals surface area contributed by atoms with E-state index >= 15 is 0 Å². The van der Waals surface area contributed by atoms with Crippen LogP contribution in [0.3, 0.4) is 0 Å². The van der Waals surface area contributed by atoms with E-state index in [0.717, 1.165) is 6.07 Å². The van der Waals surface area contributed by atoms with Gasteiger partial charge in [-0.25, -0.2) is 4.39 Å². The van der Waals surface area contributed by atoms with Crippen LogP contribution in [0.1, 0.15) is 15.9 Å². The maximum atomic E-state index is 13.2. The van der Waals surface area contributed by atoms with Gasteiger partial charge < -0.3 is 10.4 Å². The topological polar surface area (TPSA) is 49.3 Å². The summed E-state index contributed by atoms with van der Waals surface area (Å²) in [5, 5.41) is 11.8. The molecule has 5 heteroatoms. The van der Waals surface area contributed by atoms with Crippen molar-refractivity contribution in [2.45, 2.75) is 6.61 Å². The predicted molar refractivity (Wildman–Crippen MR) is 74.4 cm³/mol. The molecule has 0 fully saturated rings. The lowest BCUT2D eigenvalue weighted by molar-refractivity contribution is 0.102. The van der Waals surface area contributed by atoms with Crippen molar-refractivity contribution in [2.24, 2.45) is 0 Å². The van der Waals surface area contributed by atoms with Crippen LogP contribution in [0.15, 0.2) is 46.9 Å². The van der Waals surface area contributed by atoms with Crippen LogP contribution in [0.5, 0.6) is 0 Å². The van der Waals surface area contributed by atoms with E-state index in [1.807, 2.05) is 0 Å². The first kappa shape index (κ1) is 13.7. The monoisotopic (exact) mass is 323 g/mol. The lowest BCUT2D eigenvalue weighted by Crippen LogP contribution is -2.13. The summed E-state index contributed by atoms with van der Waals surface area (Å²) in [6, 6.07) is 10.9. The van der Waals surface area contributed by atoms with Gasteiger partial charge in [0.1, 0.15) is 5.82 Å². The normalized spacial score (nSPS) is 10.3. The molecule has 19 heavy (non-hydrogen) atoms. The number of carbonyl (C=O) groups is 1. The van der Waals surface area contributed by atoms with Crippen LogP contribution in [0.4, 0.5) is 10.1 Å². The van der Waals surface area contributed by atoms with E-state index in [1.165, 1.54) is 12.1 Å². The molecule has 98 valence electrons. The van der Waals surface area contributed by atoms with Crippen LogP contribution < -0.4 is 5.32 Å². The zero-order valence-electron chi connectivity index (χ0n) is 9.86. The second kappa shape index (κ2) is 5.95. The Bertz CT molecular complexity index is 596. The molecule has 0 atom stereocenters. The number of amides is 1. The number of benzene rings is 2. The first-order valence-electron chi connectivity index (χ1n) is 5.56. The molecule has 2 N–H and O–H groups in total. The summed E-state index contributed by atoms with van der Waals surface area (Å²) >= 11 is 3.13. The van der Waals surface area contributed by atoms with Crippen molar-refractivity contribution in [2.75, 3.05) is 5.32 Å². The molecular formula is C14H11BrFNO2. The summed E-state index contributed by atoms with van der Waals surface area (Å²) in [5.74, 6) is -0.920. The predicted octanol–water partition coefficient (Wildman–Crippen LogP) is 3.33. The minimum absolute atomic E-state index is 0.177. The third-order valence-electron chi connectivity index (χ3n) is 2.56. The fourth-order valence-corrected chi connectivity index (χ4v) is 2.12.